The predicted molar refractivity (Wildman–Crippen MR) is 160 cm³/mol. The van der Waals surface area contributed by atoms with Crippen molar-refractivity contribution in [3.05, 3.63) is 115 Å². The van der Waals surface area contributed by atoms with Crippen LogP contribution in [0.3, 0.4) is 0 Å². The van der Waals surface area contributed by atoms with E-state index in [0.717, 1.165) is 56.6 Å². The quantitative estimate of drug-likeness (QED) is 0.219. The number of H-pyrrole nitrogens is 1. The second-order valence-corrected chi connectivity index (χ2v) is 9.23. The van der Waals surface area contributed by atoms with Gasteiger partial charge in [0.1, 0.15) is 18.2 Å². The average Bonchev–Trinajstić information content (AvgIpc) is 3.42. The number of ether oxygens (including phenoxy) is 1. The summed E-state index contributed by atoms with van der Waals surface area (Å²) in [7, 11) is 6.02. The molecule has 0 bridgehead atoms. The largest absolute Gasteiger partial charge is 0.490 e. The number of rotatable bonds is 9. The Balaban J connectivity index is 1.40. The molecule has 0 aliphatic heterocycles. The molecule has 2 N–H and O–H groups in total. The zero-order valence-corrected chi connectivity index (χ0v) is 22.0. The Hall–Kier alpha value is -4.77. The first kappa shape index (κ1) is 24.9. The molecule has 38 heavy (non-hydrogen) atoms. The molecule has 0 amide bonds. The Kier molecular flexibility index (Phi) is 7.55. The average molecular weight is 501 g/mol. The third-order valence-electron chi connectivity index (χ3n) is 6.41. The van der Waals surface area contributed by atoms with E-state index in [9.17, 15) is 0 Å². The van der Waals surface area contributed by atoms with Crippen molar-refractivity contribution in [3.63, 3.8) is 0 Å². The van der Waals surface area contributed by atoms with E-state index >= 15 is 0 Å². The van der Waals surface area contributed by atoms with Gasteiger partial charge in [-0.1, -0.05) is 72.8 Å². The third-order valence-corrected chi connectivity index (χ3v) is 6.41. The van der Waals surface area contributed by atoms with Crippen molar-refractivity contribution in [2.45, 2.75) is 0 Å². The van der Waals surface area contributed by atoms with E-state index in [1.165, 1.54) is 0 Å². The van der Waals surface area contributed by atoms with Crippen LogP contribution in [0, 0.1) is 0 Å². The highest BCUT2D eigenvalue weighted by Crippen LogP contribution is 2.34. The van der Waals surface area contributed by atoms with Gasteiger partial charge in [-0.15, -0.1) is 0 Å². The summed E-state index contributed by atoms with van der Waals surface area (Å²) in [6.07, 6.45) is 4.10. The highest BCUT2D eigenvalue weighted by atomic mass is 16.5. The van der Waals surface area contributed by atoms with E-state index in [-0.39, 0.29) is 0 Å². The number of para-hydroxylation sites is 1. The topological polar surface area (TPSA) is 53.2 Å². The minimum Gasteiger partial charge on any atom is -0.490 e. The van der Waals surface area contributed by atoms with Crippen molar-refractivity contribution in [2.75, 3.05) is 38.0 Å². The molecule has 5 rings (SSSR count). The molecule has 0 saturated carbocycles. The molecule has 190 valence electrons. The number of hydrogen-bond acceptors (Lipinski definition) is 4. The van der Waals surface area contributed by atoms with E-state index in [4.69, 9.17) is 9.72 Å². The summed E-state index contributed by atoms with van der Waals surface area (Å²) >= 11 is 0. The van der Waals surface area contributed by atoms with Gasteiger partial charge in [0.15, 0.2) is 0 Å². The molecule has 0 aliphatic rings. The number of imidazole rings is 1. The van der Waals surface area contributed by atoms with Crippen molar-refractivity contribution in [1.82, 2.24) is 9.97 Å². The van der Waals surface area contributed by atoms with Gasteiger partial charge in [0.05, 0.1) is 11.4 Å². The van der Waals surface area contributed by atoms with E-state index in [1.54, 1.807) is 0 Å². The number of anilines is 2. The van der Waals surface area contributed by atoms with Gasteiger partial charge in [0.25, 0.3) is 0 Å². The van der Waals surface area contributed by atoms with Gasteiger partial charge in [-0.25, -0.2) is 4.98 Å². The minimum atomic E-state index is 0.523. The summed E-state index contributed by atoms with van der Waals surface area (Å²) in [5.41, 5.74) is 8.47. The number of nitrogens with zero attached hydrogens (tertiary/aromatic N) is 2. The lowest BCUT2D eigenvalue weighted by molar-refractivity contribution is 0.363. The Morgan fingerprint density at radius 3 is 2.11 bits per heavy atom. The zero-order valence-electron chi connectivity index (χ0n) is 22.0. The number of nitrogens with one attached hydrogen (secondary N) is 2. The van der Waals surface area contributed by atoms with Crippen LogP contribution in [0.15, 0.2) is 109 Å². The molecule has 1 aromatic heterocycles. The summed E-state index contributed by atoms with van der Waals surface area (Å²) in [6, 6.07) is 35.2. The molecular weight excluding hydrogens is 468 g/mol. The molecule has 0 saturated heterocycles. The van der Waals surface area contributed by atoms with Crippen LogP contribution in [0.25, 0.3) is 40.0 Å². The summed E-state index contributed by atoms with van der Waals surface area (Å²) in [6.45, 7) is 0.523. The molecule has 4 aromatic carbocycles. The molecule has 5 aromatic rings. The number of aromatic amines is 1. The van der Waals surface area contributed by atoms with Gasteiger partial charge < -0.3 is 19.9 Å². The van der Waals surface area contributed by atoms with Crippen LogP contribution in [0.4, 0.5) is 11.4 Å². The molecule has 0 unspecified atom stereocenters. The minimum absolute atomic E-state index is 0.523. The predicted octanol–water partition coefficient (Wildman–Crippen LogP) is 7.61. The maximum Gasteiger partial charge on any atom is 0.138 e. The Morgan fingerprint density at radius 2 is 1.45 bits per heavy atom. The summed E-state index contributed by atoms with van der Waals surface area (Å²) in [4.78, 5) is 10.8. The van der Waals surface area contributed by atoms with Crippen LogP contribution in [-0.2, 0) is 0 Å². The second-order valence-electron chi connectivity index (χ2n) is 9.23. The Bertz CT molecular complexity index is 1480. The molecule has 0 fully saturated rings. The zero-order chi connectivity index (χ0) is 26.3. The highest BCUT2D eigenvalue weighted by Gasteiger charge is 2.15. The van der Waals surface area contributed by atoms with Crippen LogP contribution in [0.2, 0.25) is 0 Å². The smallest absolute Gasteiger partial charge is 0.138 e. The molecule has 0 spiro atoms. The van der Waals surface area contributed by atoms with Gasteiger partial charge in [-0.2, -0.15) is 0 Å². The number of benzene rings is 4. The SMILES string of the molecule is CNc1ccc(-c2[nH]c(-c3ccc(/C=C/COc4ccccc4)cc3)nc2-c2ccc(N(C)C)cc2)cc1. The Labute approximate surface area is 224 Å². The molecule has 0 radical (unpaired) electrons. The standard InChI is InChI=1S/C33H32N4O/c1-34-28-19-15-25(16-20-28)31-32(26-17-21-29(22-18-26)37(2)3)36-33(35-31)27-13-11-24(12-14-27)8-7-23-38-30-9-5-4-6-10-30/h4-22,34H,23H2,1-3H3,(H,35,36)/b8-7+. The third kappa shape index (κ3) is 5.79. The van der Waals surface area contributed by atoms with E-state index in [0.29, 0.717) is 6.61 Å². The van der Waals surface area contributed by atoms with Gasteiger partial charge in [0.2, 0.25) is 0 Å². The first-order valence-electron chi connectivity index (χ1n) is 12.7. The highest BCUT2D eigenvalue weighted by molar-refractivity contribution is 5.82. The van der Waals surface area contributed by atoms with Crippen molar-refractivity contribution < 1.29 is 4.74 Å². The fourth-order valence-corrected chi connectivity index (χ4v) is 4.25. The van der Waals surface area contributed by atoms with Crippen LogP contribution in [0.1, 0.15) is 5.56 Å². The van der Waals surface area contributed by atoms with Gasteiger partial charge in [0, 0.05) is 49.2 Å². The van der Waals surface area contributed by atoms with Crippen LogP contribution < -0.4 is 15.0 Å². The second kappa shape index (κ2) is 11.5. The molecule has 5 nitrogen and oxygen atoms in total. The van der Waals surface area contributed by atoms with Crippen molar-refractivity contribution in [1.29, 1.82) is 0 Å². The first-order chi connectivity index (χ1) is 18.6. The van der Waals surface area contributed by atoms with E-state index < -0.39 is 0 Å². The summed E-state index contributed by atoms with van der Waals surface area (Å²) in [5.74, 6) is 1.71. The maximum absolute atomic E-state index is 5.75. The van der Waals surface area contributed by atoms with Gasteiger partial charge in [-0.3, -0.25) is 0 Å². The number of hydrogen-bond donors (Lipinski definition) is 2. The molecule has 0 atom stereocenters. The molecule has 5 heteroatoms. The Morgan fingerprint density at radius 1 is 0.789 bits per heavy atom. The van der Waals surface area contributed by atoms with Crippen LogP contribution in [0.5, 0.6) is 5.75 Å². The van der Waals surface area contributed by atoms with E-state index in [1.807, 2.05) is 57.6 Å². The maximum atomic E-state index is 5.75. The molecule has 1 heterocycles. The lowest BCUT2D eigenvalue weighted by Crippen LogP contribution is -2.07. The van der Waals surface area contributed by atoms with Crippen molar-refractivity contribution >= 4 is 17.5 Å². The molecule has 0 aliphatic carbocycles. The lowest BCUT2D eigenvalue weighted by atomic mass is 10.0. The summed E-state index contributed by atoms with van der Waals surface area (Å²) < 4.78 is 5.75. The number of aromatic nitrogens is 2. The normalized spacial score (nSPS) is 11.0. The van der Waals surface area contributed by atoms with Crippen LogP contribution >= 0.6 is 0 Å². The van der Waals surface area contributed by atoms with Gasteiger partial charge in [-0.05, 0) is 48.0 Å². The van der Waals surface area contributed by atoms with Gasteiger partial charge >= 0.3 is 0 Å². The van der Waals surface area contributed by atoms with Crippen LogP contribution in [-0.4, -0.2) is 37.7 Å². The molecular formula is C33H32N4O. The fourth-order valence-electron chi connectivity index (χ4n) is 4.25. The van der Waals surface area contributed by atoms with Crippen molar-refractivity contribution in [2.24, 2.45) is 0 Å². The monoisotopic (exact) mass is 500 g/mol. The lowest BCUT2D eigenvalue weighted by Gasteiger charge is -2.12. The first-order valence-corrected chi connectivity index (χ1v) is 12.7. The van der Waals surface area contributed by atoms with E-state index in [2.05, 4.69) is 94.1 Å². The van der Waals surface area contributed by atoms with Crippen molar-refractivity contribution in [3.8, 4) is 39.7 Å². The fraction of sp³-hybridized carbons (Fsp3) is 0.121. The summed E-state index contributed by atoms with van der Waals surface area (Å²) in [5, 5.41) is 3.19.